The Kier molecular flexibility index (Phi) is 9.72. The summed E-state index contributed by atoms with van der Waals surface area (Å²) < 4.78 is 0. The summed E-state index contributed by atoms with van der Waals surface area (Å²) in [5, 5.41) is 6.71. The van der Waals surface area contributed by atoms with Gasteiger partial charge < -0.3 is 15.5 Å². The first-order valence-electron chi connectivity index (χ1n) is 9.40. The molecule has 5 nitrogen and oxygen atoms in total. The normalized spacial score (nSPS) is 17.0. The number of carbonyl (C=O) groups is 1. The summed E-state index contributed by atoms with van der Waals surface area (Å²) in [4.78, 5) is 18.6. The molecule has 0 aliphatic carbocycles. The van der Waals surface area contributed by atoms with E-state index in [1.165, 1.54) is 6.42 Å². The molecular formula is C18H36N4O. The van der Waals surface area contributed by atoms with Gasteiger partial charge >= 0.3 is 0 Å². The van der Waals surface area contributed by atoms with Crippen molar-refractivity contribution in [2.75, 3.05) is 26.2 Å². The lowest BCUT2D eigenvalue weighted by Gasteiger charge is -2.27. The molecule has 1 unspecified atom stereocenters. The molecule has 0 bridgehead atoms. The molecule has 0 saturated carbocycles. The Labute approximate surface area is 142 Å². The minimum absolute atomic E-state index is 0.325. The van der Waals surface area contributed by atoms with Crippen molar-refractivity contribution in [3.05, 3.63) is 0 Å². The summed E-state index contributed by atoms with van der Waals surface area (Å²) in [7, 11) is 0. The number of amides is 1. The smallest absolute Gasteiger partial charge is 0.222 e. The molecule has 0 aromatic heterocycles. The number of carbonyl (C=O) groups excluding carboxylic acids is 1. The SMILES string of the molecule is CCNC(=NCCCC(C)C)NCCC(CC)N1CCCC1=O. The zero-order chi connectivity index (χ0) is 17.1. The highest BCUT2D eigenvalue weighted by molar-refractivity contribution is 5.80. The molecule has 0 spiro atoms. The van der Waals surface area contributed by atoms with Gasteiger partial charge in [-0.2, -0.15) is 0 Å². The number of nitrogens with zero attached hydrogens (tertiary/aromatic N) is 2. The second-order valence-corrected chi connectivity index (χ2v) is 6.76. The molecule has 1 aliphatic rings. The quantitative estimate of drug-likeness (QED) is 0.369. The number of hydrogen-bond donors (Lipinski definition) is 2. The molecular weight excluding hydrogens is 288 g/mol. The van der Waals surface area contributed by atoms with Crippen molar-refractivity contribution in [2.45, 2.75) is 72.3 Å². The van der Waals surface area contributed by atoms with Crippen LogP contribution in [0.5, 0.6) is 0 Å². The van der Waals surface area contributed by atoms with Crippen LogP contribution in [-0.4, -0.2) is 49.0 Å². The maximum Gasteiger partial charge on any atom is 0.222 e. The summed E-state index contributed by atoms with van der Waals surface area (Å²) in [5.41, 5.74) is 0. The number of hydrogen-bond acceptors (Lipinski definition) is 2. The number of guanidine groups is 1. The van der Waals surface area contributed by atoms with Crippen molar-refractivity contribution in [3.8, 4) is 0 Å². The lowest BCUT2D eigenvalue weighted by atomic mass is 10.1. The molecule has 1 heterocycles. The minimum Gasteiger partial charge on any atom is -0.357 e. The van der Waals surface area contributed by atoms with E-state index in [2.05, 4.69) is 48.2 Å². The monoisotopic (exact) mass is 324 g/mol. The molecule has 134 valence electrons. The van der Waals surface area contributed by atoms with Crippen LogP contribution in [0.1, 0.15) is 66.2 Å². The van der Waals surface area contributed by atoms with Crippen molar-refractivity contribution in [1.29, 1.82) is 0 Å². The van der Waals surface area contributed by atoms with Crippen LogP contribution in [0.25, 0.3) is 0 Å². The number of likely N-dealkylation sites (tertiary alicyclic amines) is 1. The Morgan fingerprint density at radius 1 is 1.26 bits per heavy atom. The van der Waals surface area contributed by atoms with Gasteiger partial charge in [0.1, 0.15) is 0 Å². The van der Waals surface area contributed by atoms with E-state index in [0.717, 1.165) is 70.2 Å². The van der Waals surface area contributed by atoms with Gasteiger partial charge in [0.25, 0.3) is 0 Å². The summed E-state index contributed by atoms with van der Waals surface area (Å²) in [5.74, 6) is 1.97. The lowest BCUT2D eigenvalue weighted by molar-refractivity contribution is -0.129. The molecule has 1 saturated heterocycles. The van der Waals surface area contributed by atoms with Gasteiger partial charge in [-0.15, -0.1) is 0 Å². The third kappa shape index (κ3) is 7.71. The zero-order valence-electron chi connectivity index (χ0n) is 15.5. The molecule has 5 heteroatoms. The minimum atomic E-state index is 0.325. The number of aliphatic imine (C=N–C) groups is 1. The average molecular weight is 325 g/mol. The van der Waals surface area contributed by atoms with Crippen LogP contribution in [0.2, 0.25) is 0 Å². The number of nitrogens with one attached hydrogen (secondary N) is 2. The summed E-state index contributed by atoms with van der Waals surface area (Å²) in [6.07, 6.45) is 6.10. The predicted molar refractivity (Wildman–Crippen MR) is 97.7 cm³/mol. The summed E-state index contributed by atoms with van der Waals surface area (Å²) in [6.45, 7) is 12.3. The second-order valence-electron chi connectivity index (χ2n) is 6.76. The lowest BCUT2D eigenvalue weighted by Crippen LogP contribution is -2.42. The van der Waals surface area contributed by atoms with Crippen molar-refractivity contribution in [1.82, 2.24) is 15.5 Å². The van der Waals surface area contributed by atoms with E-state index in [-0.39, 0.29) is 0 Å². The fraction of sp³-hybridized carbons (Fsp3) is 0.889. The van der Waals surface area contributed by atoms with E-state index in [0.29, 0.717) is 11.9 Å². The first kappa shape index (κ1) is 19.8. The zero-order valence-corrected chi connectivity index (χ0v) is 15.5. The van der Waals surface area contributed by atoms with E-state index >= 15 is 0 Å². The Bertz CT molecular complexity index is 368. The van der Waals surface area contributed by atoms with Gasteiger partial charge in [0.2, 0.25) is 5.91 Å². The van der Waals surface area contributed by atoms with Gasteiger partial charge in [0, 0.05) is 38.6 Å². The third-order valence-corrected chi connectivity index (χ3v) is 4.35. The van der Waals surface area contributed by atoms with Gasteiger partial charge in [-0.1, -0.05) is 20.8 Å². The van der Waals surface area contributed by atoms with Crippen molar-refractivity contribution >= 4 is 11.9 Å². The Hall–Kier alpha value is -1.26. The molecule has 0 aromatic carbocycles. The van der Waals surface area contributed by atoms with E-state index in [1.807, 2.05) is 0 Å². The summed E-state index contributed by atoms with van der Waals surface area (Å²) in [6, 6.07) is 0.362. The van der Waals surface area contributed by atoms with Crippen molar-refractivity contribution < 1.29 is 4.79 Å². The van der Waals surface area contributed by atoms with Gasteiger partial charge in [-0.05, 0) is 44.9 Å². The van der Waals surface area contributed by atoms with Crippen LogP contribution >= 0.6 is 0 Å². The largest absolute Gasteiger partial charge is 0.357 e. The third-order valence-electron chi connectivity index (χ3n) is 4.35. The fourth-order valence-corrected chi connectivity index (χ4v) is 3.02. The van der Waals surface area contributed by atoms with Crippen LogP contribution in [-0.2, 0) is 4.79 Å². The maximum atomic E-state index is 11.9. The molecule has 1 atom stereocenters. The molecule has 1 fully saturated rings. The Morgan fingerprint density at radius 2 is 2.04 bits per heavy atom. The van der Waals surface area contributed by atoms with Crippen LogP contribution in [0, 0.1) is 5.92 Å². The fourth-order valence-electron chi connectivity index (χ4n) is 3.02. The van der Waals surface area contributed by atoms with Gasteiger partial charge in [-0.25, -0.2) is 0 Å². The second kappa shape index (κ2) is 11.3. The van der Waals surface area contributed by atoms with Crippen LogP contribution in [0.4, 0.5) is 0 Å². The first-order valence-corrected chi connectivity index (χ1v) is 9.40. The Balaban J connectivity index is 2.35. The maximum absolute atomic E-state index is 11.9. The van der Waals surface area contributed by atoms with Gasteiger partial charge in [0.05, 0.1) is 0 Å². The highest BCUT2D eigenvalue weighted by Crippen LogP contribution is 2.17. The van der Waals surface area contributed by atoms with Gasteiger partial charge in [-0.3, -0.25) is 9.79 Å². The molecule has 2 N–H and O–H groups in total. The molecule has 23 heavy (non-hydrogen) atoms. The summed E-state index contributed by atoms with van der Waals surface area (Å²) >= 11 is 0. The van der Waals surface area contributed by atoms with Crippen molar-refractivity contribution in [3.63, 3.8) is 0 Å². The molecule has 0 aromatic rings. The molecule has 1 aliphatic heterocycles. The molecule has 1 amide bonds. The van der Waals surface area contributed by atoms with Crippen LogP contribution < -0.4 is 10.6 Å². The van der Waals surface area contributed by atoms with Crippen LogP contribution in [0.3, 0.4) is 0 Å². The highest BCUT2D eigenvalue weighted by atomic mass is 16.2. The van der Waals surface area contributed by atoms with E-state index in [4.69, 9.17) is 0 Å². The topological polar surface area (TPSA) is 56.7 Å². The van der Waals surface area contributed by atoms with E-state index in [1.54, 1.807) is 0 Å². The van der Waals surface area contributed by atoms with Crippen LogP contribution in [0.15, 0.2) is 4.99 Å². The average Bonchev–Trinajstić information content (AvgIpc) is 2.93. The number of rotatable bonds is 10. The standard InChI is InChI=1S/C18H36N4O/c1-5-16(22-14-8-10-17(22)23)11-13-21-18(19-6-2)20-12-7-9-15(3)4/h15-16H,5-14H2,1-4H3,(H2,19,20,21). The highest BCUT2D eigenvalue weighted by Gasteiger charge is 2.26. The predicted octanol–water partition coefficient (Wildman–Crippen LogP) is 2.77. The van der Waals surface area contributed by atoms with Gasteiger partial charge in [0.15, 0.2) is 5.96 Å². The molecule has 0 radical (unpaired) electrons. The van der Waals surface area contributed by atoms with E-state index < -0.39 is 0 Å². The first-order chi connectivity index (χ1) is 11.1. The Morgan fingerprint density at radius 3 is 2.61 bits per heavy atom. The van der Waals surface area contributed by atoms with E-state index in [9.17, 15) is 4.79 Å². The molecule has 1 rings (SSSR count). The van der Waals surface area contributed by atoms with Crippen molar-refractivity contribution in [2.24, 2.45) is 10.9 Å².